The van der Waals surface area contributed by atoms with Gasteiger partial charge in [-0.05, 0) is 38.9 Å². The molecule has 78 valence electrons. The molecule has 0 aromatic heterocycles. The third kappa shape index (κ3) is 3.63. The Labute approximate surface area is 81.1 Å². The van der Waals surface area contributed by atoms with Crippen LogP contribution in [0.3, 0.4) is 0 Å². The molecule has 1 atom stereocenters. The molecule has 0 aromatic rings. The van der Waals surface area contributed by atoms with Crippen LogP contribution in [0.4, 0.5) is 0 Å². The van der Waals surface area contributed by atoms with Gasteiger partial charge in [-0.3, -0.25) is 4.90 Å². The average molecular weight is 186 g/mol. The lowest BCUT2D eigenvalue weighted by atomic mass is 10.2. The first kappa shape index (κ1) is 11.0. The fraction of sp³-hybridized carbons (Fsp3) is 1.00. The molecule has 3 nitrogen and oxygen atoms in total. The van der Waals surface area contributed by atoms with Crippen molar-refractivity contribution in [3.05, 3.63) is 0 Å². The quantitative estimate of drug-likeness (QED) is 0.591. The van der Waals surface area contributed by atoms with Gasteiger partial charge in [-0.2, -0.15) is 0 Å². The normalized spacial score (nSPS) is 24.0. The third-order valence-electron chi connectivity index (χ3n) is 2.80. The zero-order valence-corrected chi connectivity index (χ0v) is 8.63. The molecule has 0 saturated carbocycles. The summed E-state index contributed by atoms with van der Waals surface area (Å²) in [5, 5.41) is 12.0. The van der Waals surface area contributed by atoms with E-state index in [9.17, 15) is 0 Å². The topological polar surface area (TPSA) is 35.5 Å². The zero-order valence-electron chi connectivity index (χ0n) is 8.63. The molecule has 1 aliphatic rings. The Kier molecular flexibility index (Phi) is 5.35. The van der Waals surface area contributed by atoms with Crippen molar-refractivity contribution in [2.75, 3.05) is 32.8 Å². The van der Waals surface area contributed by atoms with Gasteiger partial charge in [0.25, 0.3) is 0 Å². The van der Waals surface area contributed by atoms with Crippen molar-refractivity contribution < 1.29 is 5.11 Å². The Morgan fingerprint density at radius 3 is 3.08 bits per heavy atom. The van der Waals surface area contributed by atoms with E-state index in [1.165, 1.54) is 25.9 Å². The molecule has 1 fully saturated rings. The molecule has 1 unspecified atom stereocenters. The Balaban J connectivity index is 2.06. The van der Waals surface area contributed by atoms with Crippen LogP contribution in [0.5, 0.6) is 0 Å². The van der Waals surface area contributed by atoms with Crippen LogP contribution < -0.4 is 5.32 Å². The van der Waals surface area contributed by atoms with Gasteiger partial charge in [-0.15, -0.1) is 0 Å². The van der Waals surface area contributed by atoms with Crippen molar-refractivity contribution >= 4 is 0 Å². The minimum Gasteiger partial charge on any atom is -0.396 e. The van der Waals surface area contributed by atoms with Crippen LogP contribution in [-0.4, -0.2) is 48.8 Å². The maximum atomic E-state index is 8.61. The second-order valence-electron chi connectivity index (χ2n) is 3.71. The lowest BCUT2D eigenvalue weighted by Crippen LogP contribution is -2.38. The first-order valence-corrected chi connectivity index (χ1v) is 5.44. The van der Waals surface area contributed by atoms with Crippen LogP contribution in [0, 0.1) is 0 Å². The molecular weight excluding hydrogens is 164 g/mol. The molecule has 0 bridgehead atoms. The number of nitrogens with zero attached hydrogens (tertiary/aromatic N) is 1. The van der Waals surface area contributed by atoms with E-state index in [1.807, 2.05) is 0 Å². The average Bonchev–Trinajstić information content (AvgIpc) is 2.60. The van der Waals surface area contributed by atoms with Crippen LogP contribution in [0.15, 0.2) is 0 Å². The van der Waals surface area contributed by atoms with E-state index < -0.39 is 0 Å². The number of likely N-dealkylation sites (tertiary alicyclic amines) is 1. The van der Waals surface area contributed by atoms with E-state index in [0.29, 0.717) is 6.61 Å². The Morgan fingerprint density at radius 2 is 2.38 bits per heavy atom. The summed E-state index contributed by atoms with van der Waals surface area (Å²) in [4.78, 5) is 2.53. The predicted octanol–water partition coefficient (Wildman–Crippen LogP) is 0.443. The van der Waals surface area contributed by atoms with Crippen LogP contribution in [0.25, 0.3) is 0 Å². The van der Waals surface area contributed by atoms with Crippen LogP contribution in [0.1, 0.15) is 26.2 Å². The van der Waals surface area contributed by atoms with Gasteiger partial charge in [0, 0.05) is 19.2 Å². The van der Waals surface area contributed by atoms with Gasteiger partial charge in [0.05, 0.1) is 0 Å². The lowest BCUT2D eigenvalue weighted by Gasteiger charge is -2.22. The Morgan fingerprint density at radius 1 is 1.54 bits per heavy atom. The summed E-state index contributed by atoms with van der Waals surface area (Å²) in [7, 11) is 0. The van der Waals surface area contributed by atoms with Crippen molar-refractivity contribution in [2.24, 2.45) is 0 Å². The molecule has 0 spiro atoms. The van der Waals surface area contributed by atoms with Crippen LogP contribution >= 0.6 is 0 Å². The SMILES string of the molecule is CCN1CCCC1CNCCCO. The molecule has 0 aliphatic carbocycles. The second-order valence-corrected chi connectivity index (χ2v) is 3.71. The van der Waals surface area contributed by atoms with E-state index >= 15 is 0 Å². The summed E-state index contributed by atoms with van der Waals surface area (Å²) in [6.45, 7) is 7.01. The van der Waals surface area contributed by atoms with Gasteiger partial charge in [0.1, 0.15) is 0 Å². The fourth-order valence-electron chi connectivity index (χ4n) is 2.02. The summed E-state index contributed by atoms with van der Waals surface area (Å²) in [5.41, 5.74) is 0. The second kappa shape index (κ2) is 6.35. The zero-order chi connectivity index (χ0) is 9.52. The van der Waals surface area contributed by atoms with Crippen LogP contribution in [0.2, 0.25) is 0 Å². The molecule has 0 amide bonds. The Bertz CT molecular complexity index is 130. The highest BCUT2D eigenvalue weighted by atomic mass is 16.3. The van der Waals surface area contributed by atoms with Gasteiger partial charge in [-0.25, -0.2) is 0 Å². The molecule has 1 aliphatic heterocycles. The molecule has 1 saturated heterocycles. The number of rotatable bonds is 6. The monoisotopic (exact) mass is 186 g/mol. The van der Waals surface area contributed by atoms with Gasteiger partial charge in [-0.1, -0.05) is 6.92 Å². The van der Waals surface area contributed by atoms with E-state index in [4.69, 9.17) is 5.11 Å². The molecule has 1 heterocycles. The maximum Gasteiger partial charge on any atom is 0.0443 e. The highest BCUT2D eigenvalue weighted by Crippen LogP contribution is 2.15. The van der Waals surface area contributed by atoms with Gasteiger partial charge >= 0.3 is 0 Å². The van der Waals surface area contributed by atoms with Gasteiger partial charge in [0.15, 0.2) is 0 Å². The number of hydrogen-bond acceptors (Lipinski definition) is 3. The van der Waals surface area contributed by atoms with Crippen molar-refractivity contribution in [2.45, 2.75) is 32.2 Å². The molecule has 0 aromatic carbocycles. The highest BCUT2D eigenvalue weighted by molar-refractivity contribution is 4.79. The summed E-state index contributed by atoms with van der Waals surface area (Å²) in [6, 6.07) is 0.740. The van der Waals surface area contributed by atoms with Crippen molar-refractivity contribution in [1.29, 1.82) is 0 Å². The Hall–Kier alpha value is -0.120. The minimum atomic E-state index is 0.301. The van der Waals surface area contributed by atoms with E-state index in [1.54, 1.807) is 0 Å². The number of nitrogens with one attached hydrogen (secondary N) is 1. The fourth-order valence-corrected chi connectivity index (χ4v) is 2.02. The van der Waals surface area contributed by atoms with Crippen molar-refractivity contribution in [3.63, 3.8) is 0 Å². The maximum absolute atomic E-state index is 8.61. The largest absolute Gasteiger partial charge is 0.396 e. The highest BCUT2D eigenvalue weighted by Gasteiger charge is 2.21. The first-order valence-electron chi connectivity index (χ1n) is 5.44. The summed E-state index contributed by atoms with van der Waals surface area (Å²) in [5.74, 6) is 0. The molecule has 0 radical (unpaired) electrons. The number of aliphatic hydroxyl groups is 1. The standard InChI is InChI=1S/C10H22N2O/c1-2-12-7-3-5-10(12)9-11-6-4-8-13/h10-11,13H,2-9H2,1H3. The van der Waals surface area contributed by atoms with Crippen LogP contribution in [-0.2, 0) is 0 Å². The summed E-state index contributed by atoms with van der Waals surface area (Å²) < 4.78 is 0. The molecule has 13 heavy (non-hydrogen) atoms. The van der Waals surface area contributed by atoms with Crippen molar-refractivity contribution in [1.82, 2.24) is 10.2 Å². The van der Waals surface area contributed by atoms with E-state index in [-0.39, 0.29) is 0 Å². The lowest BCUT2D eigenvalue weighted by molar-refractivity contribution is 0.253. The summed E-state index contributed by atoms with van der Waals surface area (Å²) in [6.07, 6.45) is 3.55. The number of aliphatic hydroxyl groups excluding tert-OH is 1. The molecular formula is C10H22N2O. The molecule has 3 heteroatoms. The van der Waals surface area contributed by atoms with Crippen molar-refractivity contribution in [3.8, 4) is 0 Å². The van der Waals surface area contributed by atoms with E-state index in [0.717, 1.165) is 25.6 Å². The number of likely N-dealkylation sites (N-methyl/N-ethyl adjacent to an activating group) is 1. The third-order valence-corrected chi connectivity index (χ3v) is 2.80. The molecule has 2 N–H and O–H groups in total. The van der Waals surface area contributed by atoms with Gasteiger partial charge in [0.2, 0.25) is 0 Å². The minimum absolute atomic E-state index is 0.301. The number of hydrogen-bond donors (Lipinski definition) is 2. The predicted molar refractivity (Wildman–Crippen MR) is 54.8 cm³/mol. The first-order chi connectivity index (χ1) is 6.38. The van der Waals surface area contributed by atoms with Gasteiger partial charge < -0.3 is 10.4 Å². The molecule has 1 rings (SSSR count). The van der Waals surface area contributed by atoms with E-state index in [2.05, 4.69) is 17.1 Å². The summed E-state index contributed by atoms with van der Waals surface area (Å²) >= 11 is 0. The smallest absolute Gasteiger partial charge is 0.0443 e.